The molecule has 0 spiro atoms. The number of nitrogens with one attached hydrogen (secondary N) is 2. The zero-order valence-electron chi connectivity index (χ0n) is 7.08. The Labute approximate surface area is 85.2 Å². The standard InChI is InChI=1S/C8H8ClN3O2/c9-5-1-3-6(4-2-5)11-8(14)12-7(10)13/h1-4H,(H4,10,11,12,13,14). The lowest BCUT2D eigenvalue weighted by atomic mass is 10.3. The summed E-state index contributed by atoms with van der Waals surface area (Å²) in [5.41, 5.74) is 5.26. The van der Waals surface area contributed by atoms with Crippen molar-refractivity contribution in [3.05, 3.63) is 29.3 Å². The summed E-state index contributed by atoms with van der Waals surface area (Å²) in [6, 6.07) is 4.84. The monoisotopic (exact) mass is 213 g/mol. The molecule has 0 aliphatic carbocycles. The molecule has 0 aliphatic rings. The SMILES string of the molecule is NC(=O)NC(=O)Nc1ccc(Cl)cc1. The minimum Gasteiger partial charge on any atom is -0.351 e. The van der Waals surface area contributed by atoms with E-state index in [1.165, 1.54) is 0 Å². The molecule has 0 unspecified atom stereocenters. The molecule has 0 heterocycles. The maximum Gasteiger partial charge on any atom is 0.327 e. The Bertz CT molecular complexity index is 350. The van der Waals surface area contributed by atoms with Crippen molar-refractivity contribution in [1.29, 1.82) is 0 Å². The number of hydrogen-bond acceptors (Lipinski definition) is 2. The molecule has 0 saturated carbocycles. The van der Waals surface area contributed by atoms with E-state index >= 15 is 0 Å². The van der Waals surface area contributed by atoms with Gasteiger partial charge in [-0.1, -0.05) is 11.6 Å². The van der Waals surface area contributed by atoms with Crippen LogP contribution in [0.25, 0.3) is 0 Å². The summed E-state index contributed by atoms with van der Waals surface area (Å²) in [5, 5.41) is 4.81. The number of nitrogens with two attached hydrogens (primary N) is 1. The quantitative estimate of drug-likeness (QED) is 0.661. The third-order valence-corrected chi connectivity index (χ3v) is 1.59. The average molecular weight is 214 g/mol. The zero-order valence-corrected chi connectivity index (χ0v) is 7.84. The summed E-state index contributed by atoms with van der Waals surface area (Å²) >= 11 is 5.63. The van der Waals surface area contributed by atoms with Crippen LogP contribution in [-0.2, 0) is 0 Å². The van der Waals surface area contributed by atoms with Crippen molar-refractivity contribution in [3.63, 3.8) is 0 Å². The van der Waals surface area contributed by atoms with Gasteiger partial charge in [0.1, 0.15) is 0 Å². The smallest absolute Gasteiger partial charge is 0.327 e. The third kappa shape index (κ3) is 3.32. The highest BCUT2D eigenvalue weighted by Crippen LogP contribution is 2.12. The molecule has 1 aromatic rings. The molecule has 0 bridgehead atoms. The van der Waals surface area contributed by atoms with Gasteiger partial charge in [0.2, 0.25) is 0 Å². The highest BCUT2D eigenvalue weighted by atomic mass is 35.5. The first-order valence-corrected chi connectivity index (χ1v) is 4.09. The molecule has 0 aliphatic heterocycles. The second-order valence-corrected chi connectivity index (χ2v) is 2.89. The van der Waals surface area contributed by atoms with Crippen molar-refractivity contribution in [3.8, 4) is 0 Å². The number of benzene rings is 1. The molecule has 0 radical (unpaired) electrons. The lowest BCUT2D eigenvalue weighted by molar-refractivity contribution is 0.238. The number of rotatable bonds is 1. The Morgan fingerprint density at radius 1 is 1.21 bits per heavy atom. The van der Waals surface area contributed by atoms with Gasteiger partial charge in [-0.2, -0.15) is 0 Å². The van der Waals surface area contributed by atoms with Crippen LogP contribution >= 0.6 is 11.6 Å². The molecule has 0 aromatic heterocycles. The molecule has 1 rings (SSSR count). The van der Waals surface area contributed by atoms with Crippen LogP contribution < -0.4 is 16.4 Å². The Hall–Kier alpha value is -1.75. The molecule has 14 heavy (non-hydrogen) atoms. The Kier molecular flexibility index (Phi) is 3.30. The number of amides is 4. The molecule has 0 saturated heterocycles. The summed E-state index contributed by atoms with van der Waals surface area (Å²) < 4.78 is 0. The highest BCUT2D eigenvalue weighted by Gasteiger charge is 2.02. The Balaban J connectivity index is 2.56. The van der Waals surface area contributed by atoms with Gasteiger partial charge in [-0.15, -0.1) is 0 Å². The second-order valence-electron chi connectivity index (χ2n) is 2.45. The van der Waals surface area contributed by atoms with E-state index in [0.29, 0.717) is 10.7 Å². The maximum absolute atomic E-state index is 11.0. The number of imide groups is 1. The van der Waals surface area contributed by atoms with E-state index < -0.39 is 12.1 Å². The number of anilines is 1. The highest BCUT2D eigenvalue weighted by molar-refractivity contribution is 6.30. The third-order valence-electron chi connectivity index (χ3n) is 1.34. The number of halogens is 1. The van der Waals surface area contributed by atoms with Crippen LogP contribution in [0.5, 0.6) is 0 Å². The lowest BCUT2D eigenvalue weighted by Gasteiger charge is -2.04. The van der Waals surface area contributed by atoms with Gasteiger partial charge in [-0.3, -0.25) is 5.32 Å². The number of carbonyl (C=O) groups is 2. The number of carbonyl (C=O) groups excluding carboxylic acids is 2. The van der Waals surface area contributed by atoms with Crippen molar-refractivity contribution in [2.45, 2.75) is 0 Å². The molecule has 6 heteroatoms. The van der Waals surface area contributed by atoms with Gasteiger partial charge in [-0.05, 0) is 24.3 Å². The first-order valence-electron chi connectivity index (χ1n) is 3.71. The molecule has 4 amide bonds. The fraction of sp³-hybridized carbons (Fsp3) is 0. The minimum absolute atomic E-state index is 0.521. The topological polar surface area (TPSA) is 84.2 Å². The van der Waals surface area contributed by atoms with Crippen LogP contribution in [0.3, 0.4) is 0 Å². The van der Waals surface area contributed by atoms with Crippen LogP contribution in [0.15, 0.2) is 24.3 Å². The minimum atomic E-state index is -0.906. The van der Waals surface area contributed by atoms with Crippen molar-refractivity contribution < 1.29 is 9.59 Å². The maximum atomic E-state index is 11.0. The number of hydrogen-bond donors (Lipinski definition) is 3. The van der Waals surface area contributed by atoms with Gasteiger partial charge in [0, 0.05) is 10.7 Å². The molecule has 4 N–H and O–H groups in total. The second kappa shape index (κ2) is 4.48. The normalized spacial score (nSPS) is 9.21. The van der Waals surface area contributed by atoms with Gasteiger partial charge < -0.3 is 11.1 Å². The van der Waals surface area contributed by atoms with E-state index in [0.717, 1.165) is 0 Å². The summed E-state index contributed by atoms with van der Waals surface area (Å²) in [7, 11) is 0. The van der Waals surface area contributed by atoms with Gasteiger partial charge in [0.05, 0.1) is 0 Å². The molecular weight excluding hydrogens is 206 g/mol. The average Bonchev–Trinajstić information content (AvgIpc) is 2.07. The van der Waals surface area contributed by atoms with Crippen molar-refractivity contribution >= 4 is 29.4 Å². The molecule has 0 fully saturated rings. The first kappa shape index (κ1) is 10.3. The van der Waals surface area contributed by atoms with E-state index in [-0.39, 0.29) is 0 Å². The molecule has 0 atom stereocenters. The summed E-state index contributed by atoms with van der Waals surface area (Å²) in [5.74, 6) is 0. The predicted molar refractivity (Wildman–Crippen MR) is 53.2 cm³/mol. The van der Waals surface area contributed by atoms with Crippen LogP contribution in [0.1, 0.15) is 0 Å². The van der Waals surface area contributed by atoms with Crippen LogP contribution in [0.2, 0.25) is 5.02 Å². The van der Waals surface area contributed by atoms with Gasteiger partial charge in [0.15, 0.2) is 0 Å². The van der Waals surface area contributed by atoms with Crippen LogP contribution in [-0.4, -0.2) is 12.1 Å². The predicted octanol–water partition coefficient (Wildman–Crippen LogP) is 1.54. The zero-order chi connectivity index (χ0) is 10.6. The largest absolute Gasteiger partial charge is 0.351 e. The first-order chi connectivity index (χ1) is 6.58. The lowest BCUT2D eigenvalue weighted by Crippen LogP contribution is -2.38. The Morgan fingerprint density at radius 3 is 2.29 bits per heavy atom. The molecule has 1 aromatic carbocycles. The Morgan fingerprint density at radius 2 is 1.79 bits per heavy atom. The van der Waals surface area contributed by atoms with E-state index in [2.05, 4.69) is 5.32 Å². The van der Waals surface area contributed by atoms with Gasteiger partial charge in [-0.25, -0.2) is 9.59 Å². The summed E-state index contributed by atoms with van der Waals surface area (Å²) in [6.07, 6.45) is 0. The van der Waals surface area contributed by atoms with E-state index in [4.69, 9.17) is 17.3 Å². The van der Waals surface area contributed by atoms with E-state index in [9.17, 15) is 9.59 Å². The van der Waals surface area contributed by atoms with Crippen LogP contribution in [0, 0.1) is 0 Å². The van der Waals surface area contributed by atoms with Gasteiger partial charge >= 0.3 is 12.1 Å². The van der Waals surface area contributed by atoms with Crippen molar-refractivity contribution in [2.24, 2.45) is 5.73 Å². The van der Waals surface area contributed by atoms with E-state index in [1.807, 2.05) is 5.32 Å². The molecule has 5 nitrogen and oxygen atoms in total. The fourth-order valence-corrected chi connectivity index (χ4v) is 0.933. The molecular formula is C8H8ClN3O2. The van der Waals surface area contributed by atoms with Crippen molar-refractivity contribution in [2.75, 3.05) is 5.32 Å². The summed E-state index contributed by atoms with van der Waals surface area (Å²) in [4.78, 5) is 21.2. The van der Waals surface area contributed by atoms with Gasteiger partial charge in [0.25, 0.3) is 0 Å². The number of primary amides is 1. The number of urea groups is 2. The van der Waals surface area contributed by atoms with Crippen molar-refractivity contribution in [1.82, 2.24) is 5.32 Å². The fourth-order valence-electron chi connectivity index (χ4n) is 0.807. The molecule has 74 valence electrons. The van der Waals surface area contributed by atoms with E-state index in [1.54, 1.807) is 24.3 Å². The van der Waals surface area contributed by atoms with Crippen LogP contribution in [0.4, 0.5) is 15.3 Å². The summed E-state index contributed by atoms with van der Waals surface area (Å²) in [6.45, 7) is 0.